The second kappa shape index (κ2) is 7.37. The van der Waals surface area contributed by atoms with Crippen molar-refractivity contribution in [2.45, 2.75) is 0 Å². The Balaban J connectivity index is 2.05. The number of hydrogen-bond acceptors (Lipinski definition) is 3. The minimum atomic E-state index is -0.463. The highest BCUT2D eigenvalue weighted by atomic mass is 35.5. The van der Waals surface area contributed by atoms with Crippen LogP contribution in [0.1, 0.15) is 5.56 Å². The summed E-state index contributed by atoms with van der Waals surface area (Å²) in [5.41, 5.74) is 0.613. The van der Waals surface area contributed by atoms with Gasteiger partial charge in [0.1, 0.15) is 6.07 Å². The number of amides is 1. The van der Waals surface area contributed by atoms with Crippen molar-refractivity contribution in [3.8, 4) is 11.8 Å². The van der Waals surface area contributed by atoms with Crippen molar-refractivity contribution in [2.75, 3.05) is 11.9 Å². The van der Waals surface area contributed by atoms with Crippen LogP contribution in [0.25, 0.3) is 0 Å². The predicted octanol–water partition coefficient (Wildman–Crippen LogP) is 4.54. The van der Waals surface area contributed by atoms with Gasteiger partial charge in [-0.2, -0.15) is 5.26 Å². The highest BCUT2D eigenvalue weighted by Crippen LogP contribution is 2.32. The number of nitrogens with zero attached hydrogens (tertiary/aromatic N) is 1. The largest absolute Gasteiger partial charge is 0.481 e. The van der Waals surface area contributed by atoms with Crippen LogP contribution in [-0.4, -0.2) is 12.5 Å². The molecular weight excluding hydrogens is 347 g/mol. The Morgan fingerprint density at radius 1 is 1.18 bits per heavy atom. The highest BCUT2D eigenvalue weighted by molar-refractivity contribution is 6.37. The van der Waals surface area contributed by atoms with Crippen LogP contribution in [0.15, 0.2) is 36.4 Å². The Labute approximate surface area is 142 Å². The third-order valence-corrected chi connectivity index (χ3v) is 3.47. The molecule has 0 atom stereocenters. The van der Waals surface area contributed by atoms with Crippen LogP contribution < -0.4 is 10.1 Å². The normalized spacial score (nSPS) is 9.91. The summed E-state index contributed by atoms with van der Waals surface area (Å²) < 4.78 is 5.31. The molecule has 22 heavy (non-hydrogen) atoms. The van der Waals surface area contributed by atoms with E-state index in [1.54, 1.807) is 24.3 Å². The monoisotopic (exact) mass is 354 g/mol. The van der Waals surface area contributed by atoms with Crippen molar-refractivity contribution in [1.29, 1.82) is 5.26 Å². The van der Waals surface area contributed by atoms with E-state index < -0.39 is 5.91 Å². The number of nitriles is 1. The fourth-order valence-corrected chi connectivity index (χ4v) is 2.34. The van der Waals surface area contributed by atoms with Crippen LogP contribution in [0.2, 0.25) is 15.1 Å². The quantitative estimate of drug-likeness (QED) is 0.876. The molecular formula is C15H9Cl3N2O2. The van der Waals surface area contributed by atoms with Gasteiger partial charge in [0.15, 0.2) is 12.4 Å². The van der Waals surface area contributed by atoms with E-state index in [0.717, 1.165) is 0 Å². The van der Waals surface area contributed by atoms with Crippen LogP contribution in [0, 0.1) is 11.3 Å². The van der Waals surface area contributed by atoms with Gasteiger partial charge >= 0.3 is 0 Å². The second-order valence-electron chi connectivity index (χ2n) is 4.19. The lowest BCUT2D eigenvalue weighted by molar-refractivity contribution is -0.118. The van der Waals surface area contributed by atoms with Gasteiger partial charge in [-0.05, 0) is 30.3 Å². The molecule has 0 aliphatic carbocycles. The lowest BCUT2D eigenvalue weighted by atomic mass is 10.2. The number of hydrogen-bond donors (Lipinski definition) is 1. The zero-order chi connectivity index (χ0) is 16.1. The summed E-state index contributed by atoms with van der Waals surface area (Å²) in [5, 5.41) is 12.6. The molecule has 0 aliphatic heterocycles. The van der Waals surface area contributed by atoms with E-state index in [4.69, 9.17) is 44.8 Å². The number of carbonyl (C=O) groups is 1. The summed E-state index contributed by atoms with van der Waals surface area (Å²) >= 11 is 17.7. The third-order valence-electron chi connectivity index (χ3n) is 2.64. The second-order valence-corrected chi connectivity index (χ2v) is 5.44. The minimum Gasteiger partial charge on any atom is -0.481 e. The first-order valence-corrected chi connectivity index (χ1v) is 7.21. The Hall–Kier alpha value is -1.93. The molecule has 2 aromatic carbocycles. The van der Waals surface area contributed by atoms with Crippen molar-refractivity contribution < 1.29 is 9.53 Å². The SMILES string of the molecule is N#Cc1ccc(Cl)cc1NC(=O)COc1c(Cl)cccc1Cl. The number of rotatable bonds is 4. The number of halogens is 3. The molecule has 0 radical (unpaired) electrons. The van der Waals surface area contributed by atoms with Gasteiger partial charge in [-0.3, -0.25) is 4.79 Å². The number of para-hydroxylation sites is 1. The Kier molecular flexibility index (Phi) is 5.51. The van der Waals surface area contributed by atoms with E-state index >= 15 is 0 Å². The van der Waals surface area contributed by atoms with E-state index in [2.05, 4.69) is 5.32 Å². The van der Waals surface area contributed by atoms with Crippen molar-refractivity contribution in [3.63, 3.8) is 0 Å². The maximum Gasteiger partial charge on any atom is 0.262 e. The Morgan fingerprint density at radius 3 is 2.50 bits per heavy atom. The number of anilines is 1. The molecule has 2 rings (SSSR count). The molecule has 1 N–H and O–H groups in total. The van der Waals surface area contributed by atoms with Crippen LogP contribution in [0.5, 0.6) is 5.75 Å². The third kappa shape index (κ3) is 4.05. The van der Waals surface area contributed by atoms with Crippen molar-refractivity contribution in [1.82, 2.24) is 0 Å². The fraction of sp³-hybridized carbons (Fsp3) is 0.0667. The molecule has 0 heterocycles. The predicted molar refractivity (Wildman–Crippen MR) is 86.8 cm³/mol. The summed E-state index contributed by atoms with van der Waals surface area (Å²) in [5.74, 6) is -0.234. The fourth-order valence-electron chi connectivity index (χ4n) is 1.66. The smallest absolute Gasteiger partial charge is 0.262 e. The first kappa shape index (κ1) is 16.4. The van der Waals surface area contributed by atoms with Gasteiger partial charge in [0, 0.05) is 5.02 Å². The Morgan fingerprint density at radius 2 is 1.86 bits per heavy atom. The van der Waals surface area contributed by atoms with Crippen LogP contribution in [0.4, 0.5) is 5.69 Å². The number of benzene rings is 2. The summed E-state index contributed by atoms with van der Waals surface area (Å²) in [6.07, 6.45) is 0. The molecule has 0 bridgehead atoms. The summed E-state index contributed by atoms with van der Waals surface area (Å²) in [7, 11) is 0. The number of carbonyl (C=O) groups excluding carboxylic acids is 1. The van der Waals surface area contributed by atoms with Gasteiger partial charge in [-0.15, -0.1) is 0 Å². The number of ether oxygens (including phenoxy) is 1. The molecule has 0 fully saturated rings. The van der Waals surface area contributed by atoms with E-state index in [1.807, 2.05) is 6.07 Å². The van der Waals surface area contributed by atoms with Crippen molar-refractivity contribution >= 4 is 46.4 Å². The van der Waals surface area contributed by atoms with E-state index in [-0.39, 0.29) is 12.4 Å². The van der Waals surface area contributed by atoms with Crippen LogP contribution >= 0.6 is 34.8 Å². The van der Waals surface area contributed by atoms with Crippen LogP contribution in [-0.2, 0) is 4.79 Å². The lowest BCUT2D eigenvalue weighted by Gasteiger charge is -2.11. The highest BCUT2D eigenvalue weighted by Gasteiger charge is 2.11. The molecule has 0 saturated carbocycles. The molecule has 1 amide bonds. The van der Waals surface area contributed by atoms with Crippen molar-refractivity contribution in [3.05, 3.63) is 57.0 Å². The standard InChI is InChI=1S/C15H9Cl3N2O2/c16-10-5-4-9(7-19)13(6-10)20-14(21)8-22-15-11(17)2-1-3-12(15)18/h1-6H,8H2,(H,20,21). The molecule has 4 nitrogen and oxygen atoms in total. The average Bonchev–Trinajstić information content (AvgIpc) is 2.47. The minimum absolute atomic E-state index is 0.229. The molecule has 0 saturated heterocycles. The van der Waals surface area contributed by atoms with E-state index in [1.165, 1.54) is 12.1 Å². The summed E-state index contributed by atoms with van der Waals surface area (Å²) in [6, 6.07) is 11.4. The van der Waals surface area contributed by atoms with Gasteiger partial charge in [-0.1, -0.05) is 40.9 Å². The van der Waals surface area contributed by atoms with Crippen molar-refractivity contribution in [2.24, 2.45) is 0 Å². The molecule has 112 valence electrons. The zero-order valence-electron chi connectivity index (χ0n) is 11.1. The van der Waals surface area contributed by atoms with E-state index in [0.29, 0.717) is 26.3 Å². The Bertz CT molecular complexity index is 737. The maximum atomic E-state index is 11.9. The molecule has 0 aliphatic rings. The van der Waals surface area contributed by atoms with Gasteiger partial charge < -0.3 is 10.1 Å². The van der Waals surface area contributed by atoms with Gasteiger partial charge in [0.25, 0.3) is 5.91 Å². The lowest BCUT2D eigenvalue weighted by Crippen LogP contribution is -2.21. The molecule has 2 aromatic rings. The zero-order valence-corrected chi connectivity index (χ0v) is 13.3. The summed E-state index contributed by atoms with van der Waals surface area (Å²) in [4.78, 5) is 11.9. The first-order chi connectivity index (χ1) is 10.5. The van der Waals surface area contributed by atoms with Gasteiger partial charge in [0.05, 0.1) is 21.3 Å². The van der Waals surface area contributed by atoms with E-state index in [9.17, 15) is 4.79 Å². The number of nitrogens with one attached hydrogen (secondary N) is 1. The van der Waals surface area contributed by atoms with Gasteiger partial charge in [-0.25, -0.2) is 0 Å². The molecule has 7 heteroatoms. The topological polar surface area (TPSA) is 62.1 Å². The first-order valence-electron chi connectivity index (χ1n) is 6.07. The molecule has 0 unspecified atom stereocenters. The maximum absolute atomic E-state index is 11.9. The van der Waals surface area contributed by atoms with Gasteiger partial charge in [0.2, 0.25) is 0 Å². The summed E-state index contributed by atoms with van der Waals surface area (Å²) in [6.45, 7) is -0.305. The molecule has 0 aromatic heterocycles. The molecule has 0 spiro atoms. The average molecular weight is 356 g/mol. The van der Waals surface area contributed by atoms with Crippen LogP contribution in [0.3, 0.4) is 0 Å².